The molecule has 1 N–H and O–H groups in total. The van der Waals surface area contributed by atoms with Crippen molar-refractivity contribution >= 4 is 35.1 Å². The smallest absolute Gasteiger partial charge is 0.265 e. The number of hydrogen-bond donors (Lipinski definition) is 1. The highest BCUT2D eigenvalue weighted by atomic mass is 35.5. The molecule has 0 bridgehead atoms. The normalized spacial score (nSPS) is 12.9. The summed E-state index contributed by atoms with van der Waals surface area (Å²) in [7, 11) is 0. The van der Waals surface area contributed by atoms with Gasteiger partial charge in [0.2, 0.25) is 5.78 Å². The lowest BCUT2D eigenvalue weighted by Crippen LogP contribution is -2.37. The second-order valence-corrected chi connectivity index (χ2v) is 5.70. The van der Waals surface area contributed by atoms with Crippen molar-refractivity contribution < 1.29 is 14.5 Å². The van der Waals surface area contributed by atoms with E-state index in [1.165, 1.54) is 24.3 Å². The fraction of sp³-hybridized carbons (Fsp3) is 0.125. The van der Waals surface area contributed by atoms with Gasteiger partial charge in [0, 0.05) is 22.3 Å². The van der Waals surface area contributed by atoms with Crippen LogP contribution in [0.2, 0.25) is 0 Å². The number of amides is 1. The van der Waals surface area contributed by atoms with E-state index in [2.05, 4.69) is 0 Å². The van der Waals surface area contributed by atoms with Crippen molar-refractivity contribution in [3.63, 3.8) is 0 Å². The van der Waals surface area contributed by atoms with Crippen molar-refractivity contribution in [2.24, 2.45) is 0 Å². The number of rotatable bonds is 6. The summed E-state index contributed by atoms with van der Waals surface area (Å²) in [5.41, 5.74) is 1.04. The standard InChI is InChI=1S/C16H12Cl2N2O4/c17-16(15(22)19-18,12-4-2-1-3-5-12)13-8-6-11(7-9-13)14(21)10-20(23)24/h1-9H,10H2,(H,19,22). The summed E-state index contributed by atoms with van der Waals surface area (Å²) in [5.74, 6) is -1.28. The number of Topliss-reactive ketones (excluding diaryl/α,β-unsaturated/α-hetero) is 1. The molecule has 0 aliphatic heterocycles. The zero-order chi connectivity index (χ0) is 17.7. The molecule has 24 heavy (non-hydrogen) atoms. The lowest BCUT2D eigenvalue weighted by atomic mass is 9.89. The number of benzene rings is 2. The first-order chi connectivity index (χ1) is 11.4. The molecule has 2 aromatic carbocycles. The Labute approximate surface area is 147 Å². The first-order valence-corrected chi connectivity index (χ1v) is 7.56. The minimum atomic E-state index is -1.59. The van der Waals surface area contributed by atoms with Gasteiger partial charge in [-0.25, -0.2) is 0 Å². The van der Waals surface area contributed by atoms with Gasteiger partial charge in [-0.3, -0.25) is 24.5 Å². The highest BCUT2D eigenvalue weighted by Gasteiger charge is 2.40. The second-order valence-electron chi connectivity index (χ2n) is 4.94. The molecule has 6 nitrogen and oxygen atoms in total. The SMILES string of the molecule is O=C(C[N+](=O)[O-])c1ccc(C(Cl)(C(=O)NCl)c2ccccc2)cc1. The van der Waals surface area contributed by atoms with Crippen LogP contribution in [0.25, 0.3) is 0 Å². The molecular weight excluding hydrogens is 355 g/mol. The van der Waals surface area contributed by atoms with Crippen LogP contribution >= 0.6 is 23.4 Å². The number of carbonyl (C=O) groups excluding carboxylic acids is 2. The third-order valence-corrected chi connectivity index (χ3v) is 4.23. The molecule has 0 aromatic heterocycles. The maximum absolute atomic E-state index is 12.3. The van der Waals surface area contributed by atoms with Crippen molar-refractivity contribution in [1.29, 1.82) is 0 Å². The highest BCUT2D eigenvalue weighted by Crippen LogP contribution is 2.37. The Morgan fingerprint density at radius 1 is 1.04 bits per heavy atom. The molecule has 1 atom stereocenters. The number of nitrogens with one attached hydrogen (secondary N) is 1. The first kappa shape index (κ1) is 17.9. The Morgan fingerprint density at radius 2 is 1.58 bits per heavy atom. The fourth-order valence-corrected chi connectivity index (χ4v) is 2.75. The van der Waals surface area contributed by atoms with E-state index in [9.17, 15) is 19.7 Å². The third kappa shape index (κ3) is 3.55. The minimum Gasteiger partial charge on any atom is -0.287 e. The summed E-state index contributed by atoms with van der Waals surface area (Å²) in [6, 6.07) is 14.3. The van der Waals surface area contributed by atoms with Crippen molar-refractivity contribution in [1.82, 2.24) is 4.84 Å². The quantitative estimate of drug-likeness (QED) is 0.280. The molecule has 0 radical (unpaired) electrons. The number of halogens is 2. The zero-order valence-electron chi connectivity index (χ0n) is 12.2. The van der Waals surface area contributed by atoms with E-state index in [0.29, 0.717) is 11.1 Å². The number of hydrogen-bond acceptors (Lipinski definition) is 4. The largest absolute Gasteiger partial charge is 0.287 e. The van der Waals surface area contributed by atoms with Crippen LogP contribution in [0, 0.1) is 10.1 Å². The molecule has 1 amide bonds. The monoisotopic (exact) mass is 366 g/mol. The molecule has 124 valence electrons. The lowest BCUT2D eigenvalue weighted by molar-refractivity contribution is -0.465. The fourth-order valence-electron chi connectivity index (χ4n) is 2.26. The van der Waals surface area contributed by atoms with Crippen molar-refractivity contribution in [2.45, 2.75) is 4.87 Å². The summed E-state index contributed by atoms with van der Waals surface area (Å²) in [6.07, 6.45) is 0. The average Bonchev–Trinajstić information content (AvgIpc) is 2.60. The summed E-state index contributed by atoms with van der Waals surface area (Å²) in [4.78, 5) is 34.1. The van der Waals surface area contributed by atoms with Gasteiger partial charge < -0.3 is 0 Å². The Bertz CT molecular complexity index is 765. The van der Waals surface area contributed by atoms with Crippen LogP contribution in [0.4, 0.5) is 0 Å². The summed E-state index contributed by atoms with van der Waals surface area (Å²) < 4.78 is 0. The van der Waals surface area contributed by atoms with E-state index < -0.39 is 28.0 Å². The molecule has 0 aliphatic rings. The number of nitro groups is 1. The van der Waals surface area contributed by atoms with Crippen LogP contribution in [0.5, 0.6) is 0 Å². The molecule has 1 unspecified atom stereocenters. The topological polar surface area (TPSA) is 89.3 Å². The Kier molecular flexibility index (Phi) is 5.54. The van der Waals surface area contributed by atoms with Crippen molar-refractivity contribution in [3.8, 4) is 0 Å². The number of ketones is 1. The van der Waals surface area contributed by atoms with E-state index >= 15 is 0 Å². The molecule has 2 aromatic rings. The van der Waals surface area contributed by atoms with Crippen LogP contribution in [0.1, 0.15) is 21.5 Å². The minimum absolute atomic E-state index is 0.161. The Hall–Kier alpha value is -2.44. The molecule has 0 aliphatic carbocycles. The predicted molar refractivity (Wildman–Crippen MR) is 89.7 cm³/mol. The van der Waals surface area contributed by atoms with Crippen molar-refractivity contribution in [2.75, 3.05) is 6.54 Å². The first-order valence-electron chi connectivity index (χ1n) is 6.80. The molecule has 0 fully saturated rings. The van der Waals surface area contributed by atoms with Crippen LogP contribution in [0.15, 0.2) is 54.6 Å². The van der Waals surface area contributed by atoms with Gasteiger partial charge in [0.15, 0.2) is 4.87 Å². The molecule has 0 heterocycles. The van der Waals surface area contributed by atoms with Gasteiger partial charge in [0.05, 0.1) is 0 Å². The number of carbonyl (C=O) groups is 2. The van der Waals surface area contributed by atoms with E-state index in [4.69, 9.17) is 23.4 Å². The van der Waals surface area contributed by atoms with E-state index in [1.807, 2.05) is 4.84 Å². The molecule has 8 heteroatoms. The van der Waals surface area contributed by atoms with Gasteiger partial charge in [-0.2, -0.15) is 0 Å². The Balaban J connectivity index is 2.44. The van der Waals surface area contributed by atoms with E-state index in [1.54, 1.807) is 30.3 Å². The summed E-state index contributed by atoms with van der Waals surface area (Å²) in [6.45, 7) is -0.799. The van der Waals surface area contributed by atoms with Gasteiger partial charge in [-0.05, 0) is 11.1 Å². The average molecular weight is 367 g/mol. The maximum atomic E-state index is 12.3. The lowest BCUT2D eigenvalue weighted by Gasteiger charge is -2.25. The third-order valence-electron chi connectivity index (χ3n) is 3.45. The van der Waals surface area contributed by atoms with Gasteiger partial charge >= 0.3 is 0 Å². The summed E-state index contributed by atoms with van der Waals surface area (Å²) in [5, 5.41) is 10.4. The van der Waals surface area contributed by atoms with E-state index in [-0.39, 0.29) is 5.56 Å². The number of alkyl halides is 1. The Morgan fingerprint density at radius 3 is 2.08 bits per heavy atom. The molecule has 2 rings (SSSR count). The summed E-state index contributed by atoms with van der Waals surface area (Å²) >= 11 is 12.0. The maximum Gasteiger partial charge on any atom is 0.265 e. The van der Waals surface area contributed by atoms with Crippen LogP contribution in [-0.2, 0) is 9.67 Å². The zero-order valence-corrected chi connectivity index (χ0v) is 13.8. The van der Waals surface area contributed by atoms with Crippen LogP contribution in [0.3, 0.4) is 0 Å². The van der Waals surface area contributed by atoms with Crippen LogP contribution in [-0.4, -0.2) is 23.2 Å². The molecule has 0 saturated heterocycles. The molecule has 0 spiro atoms. The second kappa shape index (κ2) is 7.42. The highest BCUT2D eigenvalue weighted by molar-refractivity contribution is 6.40. The van der Waals surface area contributed by atoms with Crippen molar-refractivity contribution in [3.05, 3.63) is 81.4 Å². The van der Waals surface area contributed by atoms with Gasteiger partial charge in [-0.1, -0.05) is 66.2 Å². The molecular formula is C16H12Cl2N2O4. The van der Waals surface area contributed by atoms with E-state index in [0.717, 1.165) is 0 Å². The van der Waals surface area contributed by atoms with Gasteiger partial charge in [0.25, 0.3) is 12.5 Å². The van der Waals surface area contributed by atoms with Gasteiger partial charge in [0.1, 0.15) is 0 Å². The number of nitrogens with zero attached hydrogens (tertiary/aromatic N) is 1. The van der Waals surface area contributed by atoms with Gasteiger partial charge in [-0.15, -0.1) is 0 Å². The predicted octanol–water partition coefficient (Wildman–Crippen LogP) is 2.90. The van der Waals surface area contributed by atoms with Crippen LogP contribution < -0.4 is 4.84 Å². The molecule has 0 saturated carbocycles.